The van der Waals surface area contributed by atoms with Gasteiger partial charge in [-0.3, -0.25) is 4.79 Å². The number of anilines is 1. The van der Waals surface area contributed by atoms with E-state index in [2.05, 4.69) is 34.3 Å². The zero-order chi connectivity index (χ0) is 21.0. The highest BCUT2D eigenvalue weighted by molar-refractivity contribution is 7.99. The van der Waals surface area contributed by atoms with Crippen molar-refractivity contribution in [2.45, 2.75) is 24.9 Å². The number of ether oxygens (including phenoxy) is 2. The van der Waals surface area contributed by atoms with Crippen molar-refractivity contribution >= 4 is 34.1 Å². The molecule has 0 unspecified atom stereocenters. The minimum absolute atomic E-state index is 0.150. The molecule has 1 aromatic carbocycles. The number of carbonyl (C=O) groups excluding carboxylic acids is 1. The molecular formula is C19H23N5O3S2. The van der Waals surface area contributed by atoms with Crippen LogP contribution in [-0.4, -0.2) is 45.6 Å². The van der Waals surface area contributed by atoms with E-state index in [1.54, 1.807) is 14.2 Å². The molecule has 0 fully saturated rings. The molecule has 0 saturated carbocycles. The number of aromatic nitrogens is 4. The zero-order valence-corrected chi connectivity index (χ0v) is 18.6. The average Bonchev–Trinajstić information content (AvgIpc) is 3.32. The van der Waals surface area contributed by atoms with Crippen LogP contribution in [0.15, 0.2) is 28.7 Å². The molecular weight excluding hydrogens is 410 g/mol. The normalized spacial score (nSPS) is 11.0. The number of thiazole rings is 1. The summed E-state index contributed by atoms with van der Waals surface area (Å²) in [5, 5.41) is 14.3. The van der Waals surface area contributed by atoms with Crippen LogP contribution in [0.4, 0.5) is 5.13 Å². The summed E-state index contributed by atoms with van der Waals surface area (Å²) in [7, 11) is 5.12. The number of benzene rings is 1. The first-order chi connectivity index (χ1) is 13.9. The molecule has 0 aliphatic heterocycles. The number of amides is 1. The van der Waals surface area contributed by atoms with Gasteiger partial charge in [0.1, 0.15) is 17.3 Å². The molecule has 2 heterocycles. The van der Waals surface area contributed by atoms with Crippen LogP contribution >= 0.6 is 23.1 Å². The second-order valence-electron chi connectivity index (χ2n) is 6.50. The summed E-state index contributed by atoms with van der Waals surface area (Å²) in [5.74, 6) is 2.64. The Hall–Kier alpha value is -2.59. The predicted octanol–water partition coefficient (Wildman–Crippen LogP) is 3.81. The fraction of sp³-hybridized carbons (Fsp3) is 0.368. The maximum absolute atomic E-state index is 12.3. The van der Waals surface area contributed by atoms with Crippen LogP contribution in [0.3, 0.4) is 0 Å². The highest BCUT2D eigenvalue weighted by Crippen LogP contribution is 2.35. The molecule has 0 radical (unpaired) electrons. The van der Waals surface area contributed by atoms with Crippen molar-refractivity contribution in [1.82, 2.24) is 19.7 Å². The third kappa shape index (κ3) is 4.88. The van der Waals surface area contributed by atoms with E-state index < -0.39 is 0 Å². The number of nitrogens with one attached hydrogen (secondary N) is 1. The summed E-state index contributed by atoms with van der Waals surface area (Å²) in [6.45, 7) is 4.12. The molecule has 10 heteroatoms. The summed E-state index contributed by atoms with van der Waals surface area (Å²) in [6.07, 6.45) is 0. The maximum Gasteiger partial charge on any atom is 0.236 e. The highest BCUT2D eigenvalue weighted by atomic mass is 32.2. The first-order valence-corrected chi connectivity index (χ1v) is 10.8. The van der Waals surface area contributed by atoms with Crippen LogP contribution in [0, 0.1) is 0 Å². The molecule has 1 N–H and O–H groups in total. The minimum Gasteiger partial charge on any atom is -0.497 e. The number of thioether (sulfide) groups is 1. The first-order valence-electron chi connectivity index (χ1n) is 8.92. The quantitative estimate of drug-likeness (QED) is 0.540. The number of methoxy groups -OCH3 is 2. The molecule has 1 amide bonds. The SMILES string of the molecule is COc1ccc(OC)c(-c2csc(NC(=O)CSc3nnc(C(C)C)n3C)n2)c1. The summed E-state index contributed by atoms with van der Waals surface area (Å²) in [5.41, 5.74) is 1.52. The minimum atomic E-state index is -0.150. The van der Waals surface area contributed by atoms with E-state index in [0.717, 1.165) is 11.4 Å². The summed E-state index contributed by atoms with van der Waals surface area (Å²) in [6, 6.07) is 5.51. The molecule has 154 valence electrons. The van der Waals surface area contributed by atoms with E-state index in [1.807, 2.05) is 35.2 Å². The molecule has 0 saturated heterocycles. The van der Waals surface area contributed by atoms with Crippen molar-refractivity contribution in [3.05, 3.63) is 29.4 Å². The Morgan fingerprint density at radius 3 is 2.72 bits per heavy atom. The molecule has 3 aromatic rings. The van der Waals surface area contributed by atoms with Gasteiger partial charge in [-0.25, -0.2) is 4.98 Å². The summed E-state index contributed by atoms with van der Waals surface area (Å²) in [4.78, 5) is 16.9. The van der Waals surface area contributed by atoms with E-state index >= 15 is 0 Å². The first kappa shape index (κ1) is 21.1. The van der Waals surface area contributed by atoms with Crippen molar-refractivity contribution < 1.29 is 14.3 Å². The van der Waals surface area contributed by atoms with Crippen LogP contribution in [0.1, 0.15) is 25.6 Å². The molecule has 2 aromatic heterocycles. The van der Waals surface area contributed by atoms with Gasteiger partial charge in [-0.05, 0) is 18.2 Å². The fourth-order valence-electron chi connectivity index (χ4n) is 2.71. The van der Waals surface area contributed by atoms with Crippen molar-refractivity contribution in [1.29, 1.82) is 0 Å². The van der Waals surface area contributed by atoms with Gasteiger partial charge in [-0.15, -0.1) is 21.5 Å². The van der Waals surface area contributed by atoms with Crippen LogP contribution in [0.5, 0.6) is 11.5 Å². The van der Waals surface area contributed by atoms with E-state index in [-0.39, 0.29) is 17.6 Å². The van der Waals surface area contributed by atoms with Crippen molar-refractivity contribution in [2.75, 3.05) is 25.3 Å². The molecule has 0 bridgehead atoms. The number of hydrogen-bond donors (Lipinski definition) is 1. The van der Waals surface area contributed by atoms with Gasteiger partial charge in [-0.2, -0.15) is 0 Å². The van der Waals surface area contributed by atoms with Gasteiger partial charge >= 0.3 is 0 Å². The van der Waals surface area contributed by atoms with Gasteiger partial charge in [0.2, 0.25) is 5.91 Å². The molecule has 0 aliphatic rings. The van der Waals surface area contributed by atoms with E-state index in [1.165, 1.54) is 23.1 Å². The zero-order valence-electron chi connectivity index (χ0n) is 16.9. The standard InChI is InChI=1S/C19H23N5O3S2/c1-11(2)17-22-23-19(24(17)3)29-10-16(25)21-18-20-14(9-28-18)13-8-12(26-4)6-7-15(13)27-5/h6-9,11H,10H2,1-5H3,(H,20,21,25). The van der Waals surface area contributed by atoms with Gasteiger partial charge in [0.15, 0.2) is 10.3 Å². The van der Waals surface area contributed by atoms with Gasteiger partial charge in [0.25, 0.3) is 0 Å². The summed E-state index contributed by atoms with van der Waals surface area (Å²) >= 11 is 2.70. The Kier molecular flexibility index (Phi) is 6.75. The van der Waals surface area contributed by atoms with Gasteiger partial charge < -0.3 is 19.4 Å². The number of nitrogens with zero attached hydrogens (tertiary/aromatic N) is 4. The summed E-state index contributed by atoms with van der Waals surface area (Å²) < 4.78 is 12.6. The second-order valence-corrected chi connectivity index (χ2v) is 8.30. The van der Waals surface area contributed by atoms with Crippen LogP contribution < -0.4 is 14.8 Å². The largest absolute Gasteiger partial charge is 0.497 e. The molecule has 0 atom stereocenters. The third-order valence-corrected chi connectivity index (χ3v) is 5.93. The topological polar surface area (TPSA) is 91.2 Å². The lowest BCUT2D eigenvalue weighted by atomic mass is 10.1. The monoisotopic (exact) mass is 433 g/mol. The van der Waals surface area contributed by atoms with E-state index in [4.69, 9.17) is 9.47 Å². The van der Waals surface area contributed by atoms with E-state index in [9.17, 15) is 4.79 Å². The van der Waals surface area contributed by atoms with Gasteiger partial charge in [0.05, 0.1) is 25.7 Å². The van der Waals surface area contributed by atoms with Crippen molar-refractivity contribution in [3.8, 4) is 22.8 Å². The fourth-order valence-corrected chi connectivity index (χ4v) is 4.15. The average molecular weight is 434 g/mol. The second kappa shape index (κ2) is 9.27. The molecule has 8 nitrogen and oxygen atoms in total. The van der Waals surface area contributed by atoms with Gasteiger partial charge in [0, 0.05) is 23.9 Å². The predicted molar refractivity (Wildman–Crippen MR) is 115 cm³/mol. The Morgan fingerprint density at radius 2 is 2.07 bits per heavy atom. The number of hydrogen-bond acceptors (Lipinski definition) is 8. The van der Waals surface area contributed by atoms with Crippen molar-refractivity contribution in [3.63, 3.8) is 0 Å². The lowest BCUT2D eigenvalue weighted by Crippen LogP contribution is -2.14. The molecule has 29 heavy (non-hydrogen) atoms. The Morgan fingerprint density at radius 1 is 1.28 bits per heavy atom. The van der Waals surface area contributed by atoms with Crippen LogP contribution in [-0.2, 0) is 11.8 Å². The molecule has 3 rings (SSSR count). The van der Waals surface area contributed by atoms with E-state index in [0.29, 0.717) is 27.5 Å². The third-order valence-electron chi connectivity index (χ3n) is 4.15. The smallest absolute Gasteiger partial charge is 0.236 e. The molecule has 0 spiro atoms. The Balaban J connectivity index is 1.65. The number of rotatable bonds is 8. The lowest BCUT2D eigenvalue weighted by molar-refractivity contribution is -0.113. The van der Waals surface area contributed by atoms with Gasteiger partial charge in [-0.1, -0.05) is 25.6 Å². The highest BCUT2D eigenvalue weighted by Gasteiger charge is 2.16. The van der Waals surface area contributed by atoms with Crippen LogP contribution in [0.25, 0.3) is 11.3 Å². The Bertz CT molecular complexity index is 1000. The lowest BCUT2D eigenvalue weighted by Gasteiger charge is -2.08. The maximum atomic E-state index is 12.3. The number of carbonyl (C=O) groups is 1. The van der Waals surface area contributed by atoms with Crippen LogP contribution in [0.2, 0.25) is 0 Å². The molecule has 0 aliphatic carbocycles. The van der Waals surface area contributed by atoms with Crippen molar-refractivity contribution in [2.24, 2.45) is 7.05 Å². The Labute approximate surface area is 177 Å².